The number of hydrogen-bond acceptors (Lipinski definition) is 3. The van der Waals surface area contributed by atoms with Gasteiger partial charge in [-0.2, -0.15) is 0 Å². The molecule has 98 valence electrons. The van der Waals surface area contributed by atoms with Crippen LogP contribution < -0.4 is 4.74 Å². The summed E-state index contributed by atoms with van der Waals surface area (Å²) in [6, 6.07) is 6.46. The monoisotopic (exact) mass is 297 g/mol. The topological polar surface area (TPSA) is 59.4 Å². The van der Waals surface area contributed by atoms with Crippen molar-refractivity contribution in [3.63, 3.8) is 0 Å². The second-order valence-electron chi connectivity index (χ2n) is 3.71. The first-order chi connectivity index (χ1) is 9.08. The third-order valence-electron chi connectivity index (χ3n) is 2.39. The number of carboxylic acids is 1. The smallest absolute Gasteiger partial charge is 0.339 e. The molecule has 0 aliphatic carbocycles. The van der Waals surface area contributed by atoms with Crippen LogP contribution in [0.15, 0.2) is 36.7 Å². The molecule has 2 aromatic rings. The van der Waals surface area contributed by atoms with Gasteiger partial charge >= 0.3 is 5.97 Å². The first-order valence-electron chi connectivity index (χ1n) is 5.32. The van der Waals surface area contributed by atoms with Crippen molar-refractivity contribution < 1.29 is 14.6 Å². The van der Waals surface area contributed by atoms with Gasteiger partial charge in [0.15, 0.2) is 5.75 Å². The van der Waals surface area contributed by atoms with Crippen molar-refractivity contribution in [2.24, 2.45) is 0 Å². The molecule has 0 aliphatic heterocycles. The number of nitrogens with zero attached hydrogens (tertiary/aromatic N) is 1. The lowest BCUT2D eigenvalue weighted by Crippen LogP contribution is -2.03. The minimum atomic E-state index is -1.06. The fourth-order valence-corrected chi connectivity index (χ4v) is 1.78. The molecular weight excluding hydrogens is 289 g/mol. The van der Waals surface area contributed by atoms with E-state index < -0.39 is 5.97 Å². The molecule has 0 bridgehead atoms. The molecule has 19 heavy (non-hydrogen) atoms. The van der Waals surface area contributed by atoms with Crippen molar-refractivity contribution in [1.82, 2.24) is 4.98 Å². The Hall–Kier alpha value is -1.78. The van der Waals surface area contributed by atoms with E-state index in [0.717, 1.165) is 5.56 Å². The fraction of sp³-hybridized carbons (Fsp3) is 0.0769. The molecule has 1 aromatic carbocycles. The molecular formula is C13H9Cl2NO3. The van der Waals surface area contributed by atoms with E-state index in [9.17, 15) is 4.79 Å². The standard InChI is InChI=1S/C13H9Cl2NO3/c14-10-2-1-8(5-11(10)15)7-19-12-6-16-4-3-9(12)13(17)18/h1-6H,7H2,(H,17,18). The van der Waals surface area contributed by atoms with Gasteiger partial charge in [-0.1, -0.05) is 29.3 Å². The number of aromatic carboxylic acids is 1. The summed E-state index contributed by atoms with van der Waals surface area (Å²) in [5.74, 6) is -0.854. The van der Waals surface area contributed by atoms with Gasteiger partial charge in [-0.05, 0) is 23.8 Å². The maximum absolute atomic E-state index is 11.0. The highest BCUT2D eigenvalue weighted by atomic mass is 35.5. The van der Waals surface area contributed by atoms with E-state index in [1.807, 2.05) is 0 Å². The number of aromatic nitrogens is 1. The van der Waals surface area contributed by atoms with Crippen LogP contribution in [0, 0.1) is 0 Å². The molecule has 4 nitrogen and oxygen atoms in total. The predicted molar refractivity (Wildman–Crippen MR) is 72.0 cm³/mol. The molecule has 0 fully saturated rings. The first-order valence-corrected chi connectivity index (χ1v) is 6.07. The summed E-state index contributed by atoms with van der Waals surface area (Å²) >= 11 is 11.7. The molecule has 0 spiro atoms. The normalized spacial score (nSPS) is 10.2. The number of ether oxygens (including phenoxy) is 1. The average molecular weight is 298 g/mol. The molecule has 0 amide bonds. The summed E-state index contributed by atoms with van der Waals surface area (Å²) in [7, 11) is 0. The highest BCUT2D eigenvalue weighted by Gasteiger charge is 2.11. The van der Waals surface area contributed by atoms with Crippen molar-refractivity contribution in [1.29, 1.82) is 0 Å². The van der Waals surface area contributed by atoms with E-state index in [-0.39, 0.29) is 17.9 Å². The van der Waals surface area contributed by atoms with Crippen LogP contribution >= 0.6 is 23.2 Å². The molecule has 0 unspecified atom stereocenters. The van der Waals surface area contributed by atoms with Gasteiger partial charge in [-0.3, -0.25) is 4.98 Å². The largest absolute Gasteiger partial charge is 0.486 e. The predicted octanol–water partition coefficient (Wildman–Crippen LogP) is 3.67. The van der Waals surface area contributed by atoms with Crippen molar-refractivity contribution in [3.8, 4) is 5.75 Å². The number of pyridine rings is 1. The molecule has 0 atom stereocenters. The Morgan fingerprint density at radius 1 is 1.26 bits per heavy atom. The second-order valence-corrected chi connectivity index (χ2v) is 4.53. The Morgan fingerprint density at radius 3 is 2.74 bits per heavy atom. The molecule has 0 saturated heterocycles. The average Bonchev–Trinajstić information content (AvgIpc) is 2.40. The highest BCUT2D eigenvalue weighted by molar-refractivity contribution is 6.42. The maximum atomic E-state index is 11.0. The van der Waals surface area contributed by atoms with Crippen LogP contribution in [-0.4, -0.2) is 16.1 Å². The summed E-state index contributed by atoms with van der Waals surface area (Å²) in [6.45, 7) is 0.183. The van der Waals surface area contributed by atoms with E-state index in [4.69, 9.17) is 33.0 Å². The van der Waals surface area contributed by atoms with Gasteiger partial charge in [0, 0.05) is 6.20 Å². The van der Waals surface area contributed by atoms with Gasteiger partial charge in [0.05, 0.1) is 16.2 Å². The Balaban J connectivity index is 2.14. The number of carbonyl (C=O) groups is 1. The summed E-state index contributed by atoms with van der Waals surface area (Å²) in [4.78, 5) is 14.8. The molecule has 0 saturated carbocycles. The minimum absolute atomic E-state index is 0.0649. The summed E-state index contributed by atoms with van der Waals surface area (Å²) < 4.78 is 5.43. The molecule has 1 heterocycles. The van der Waals surface area contributed by atoms with E-state index in [0.29, 0.717) is 10.0 Å². The summed E-state index contributed by atoms with van der Waals surface area (Å²) in [5.41, 5.74) is 0.852. The third-order valence-corrected chi connectivity index (χ3v) is 3.13. The number of carboxylic acid groups (broad SMARTS) is 1. The second kappa shape index (κ2) is 5.91. The number of rotatable bonds is 4. The molecule has 0 radical (unpaired) electrons. The number of hydrogen-bond donors (Lipinski definition) is 1. The lowest BCUT2D eigenvalue weighted by molar-refractivity contribution is 0.0691. The molecule has 0 aliphatic rings. The Morgan fingerprint density at radius 2 is 2.05 bits per heavy atom. The van der Waals surface area contributed by atoms with Gasteiger partial charge in [0.25, 0.3) is 0 Å². The van der Waals surface area contributed by atoms with Gasteiger partial charge in [0.2, 0.25) is 0 Å². The van der Waals surface area contributed by atoms with Gasteiger partial charge in [0.1, 0.15) is 12.2 Å². The van der Waals surface area contributed by atoms with Crippen LogP contribution in [0.1, 0.15) is 15.9 Å². The van der Waals surface area contributed by atoms with Gasteiger partial charge < -0.3 is 9.84 Å². The molecule has 2 rings (SSSR count). The van der Waals surface area contributed by atoms with E-state index >= 15 is 0 Å². The van der Waals surface area contributed by atoms with Crippen molar-refractivity contribution >= 4 is 29.2 Å². The quantitative estimate of drug-likeness (QED) is 0.935. The summed E-state index contributed by atoms with van der Waals surface area (Å²) in [6.07, 6.45) is 2.76. The Labute approximate surface area is 119 Å². The molecule has 1 aromatic heterocycles. The SMILES string of the molecule is O=C(O)c1ccncc1OCc1ccc(Cl)c(Cl)c1. The Kier molecular flexibility index (Phi) is 4.24. The first kappa shape index (κ1) is 13.6. The van der Waals surface area contributed by atoms with Crippen molar-refractivity contribution in [3.05, 3.63) is 57.8 Å². The van der Waals surface area contributed by atoms with Crippen LogP contribution in [0.25, 0.3) is 0 Å². The number of benzene rings is 1. The fourth-order valence-electron chi connectivity index (χ4n) is 1.46. The zero-order chi connectivity index (χ0) is 13.8. The van der Waals surface area contributed by atoms with E-state index in [1.165, 1.54) is 18.5 Å². The van der Waals surface area contributed by atoms with Crippen LogP contribution in [-0.2, 0) is 6.61 Å². The maximum Gasteiger partial charge on any atom is 0.339 e. The zero-order valence-electron chi connectivity index (χ0n) is 9.64. The van der Waals surface area contributed by atoms with Gasteiger partial charge in [-0.25, -0.2) is 4.79 Å². The van der Waals surface area contributed by atoms with E-state index in [2.05, 4.69) is 4.98 Å². The molecule has 6 heteroatoms. The third kappa shape index (κ3) is 3.36. The van der Waals surface area contributed by atoms with Crippen molar-refractivity contribution in [2.45, 2.75) is 6.61 Å². The van der Waals surface area contributed by atoms with Gasteiger partial charge in [-0.15, -0.1) is 0 Å². The van der Waals surface area contributed by atoms with Crippen molar-refractivity contribution in [2.75, 3.05) is 0 Å². The van der Waals surface area contributed by atoms with Crippen LogP contribution in [0.4, 0.5) is 0 Å². The zero-order valence-corrected chi connectivity index (χ0v) is 11.1. The Bertz CT molecular complexity index is 617. The van der Waals surface area contributed by atoms with Crippen LogP contribution in [0.2, 0.25) is 10.0 Å². The lowest BCUT2D eigenvalue weighted by Gasteiger charge is -2.09. The summed E-state index contributed by atoms with van der Waals surface area (Å²) in [5, 5.41) is 9.88. The van der Waals surface area contributed by atoms with E-state index in [1.54, 1.807) is 18.2 Å². The molecule has 1 N–H and O–H groups in total. The lowest BCUT2D eigenvalue weighted by atomic mass is 10.2. The van der Waals surface area contributed by atoms with Crippen LogP contribution in [0.5, 0.6) is 5.75 Å². The minimum Gasteiger partial charge on any atom is -0.486 e. The highest BCUT2D eigenvalue weighted by Crippen LogP contribution is 2.24. The van der Waals surface area contributed by atoms with Crippen LogP contribution in [0.3, 0.4) is 0 Å². The number of halogens is 2.